The number of aryl methyl sites for hydroxylation is 2. The number of carbonyl (C=O) groups is 1. The first kappa shape index (κ1) is 15.7. The van der Waals surface area contributed by atoms with Crippen LogP contribution in [0.25, 0.3) is 5.69 Å². The predicted octanol–water partition coefficient (Wildman–Crippen LogP) is 2.59. The molecule has 1 aromatic carbocycles. The zero-order valence-electron chi connectivity index (χ0n) is 13.4. The molecule has 2 aromatic heterocycles. The molecule has 2 heterocycles. The molecule has 7 heteroatoms. The second kappa shape index (κ2) is 6.49. The average Bonchev–Trinajstić information content (AvgIpc) is 3.01. The molecular weight excluding hydrogens is 306 g/mol. The number of carboxylic acids is 1. The molecule has 0 bridgehead atoms. The normalized spacial score (nSPS) is 10.6. The van der Waals surface area contributed by atoms with Crippen LogP contribution in [0.4, 0.5) is 5.82 Å². The van der Waals surface area contributed by atoms with Gasteiger partial charge in [-0.05, 0) is 26.0 Å². The SMILES string of the molecule is Cc1cc(NCc2cn(-c3ccccc3C(=O)O)cn2)nc(C)n1. The van der Waals surface area contributed by atoms with Crippen molar-refractivity contribution in [1.29, 1.82) is 0 Å². The Morgan fingerprint density at radius 1 is 1.25 bits per heavy atom. The fraction of sp³-hybridized carbons (Fsp3) is 0.176. The first-order chi connectivity index (χ1) is 11.5. The third-order valence-corrected chi connectivity index (χ3v) is 3.47. The summed E-state index contributed by atoms with van der Waals surface area (Å²) in [6.07, 6.45) is 3.41. The number of para-hydroxylation sites is 1. The van der Waals surface area contributed by atoms with Crippen LogP contribution in [-0.2, 0) is 6.54 Å². The van der Waals surface area contributed by atoms with Gasteiger partial charge in [-0.15, -0.1) is 0 Å². The van der Waals surface area contributed by atoms with Crippen molar-refractivity contribution in [2.45, 2.75) is 20.4 Å². The van der Waals surface area contributed by atoms with Crippen LogP contribution in [-0.4, -0.2) is 30.6 Å². The number of aromatic nitrogens is 4. The van der Waals surface area contributed by atoms with E-state index in [0.717, 1.165) is 17.2 Å². The number of nitrogens with one attached hydrogen (secondary N) is 1. The molecule has 0 fully saturated rings. The van der Waals surface area contributed by atoms with Gasteiger partial charge in [0.1, 0.15) is 11.6 Å². The minimum atomic E-state index is -0.967. The zero-order chi connectivity index (χ0) is 17.1. The number of benzene rings is 1. The summed E-state index contributed by atoms with van der Waals surface area (Å²) in [6.45, 7) is 4.24. The van der Waals surface area contributed by atoms with Crippen molar-refractivity contribution in [2.75, 3.05) is 5.32 Å². The van der Waals surface area contributed by atoms with E-state index in [-0.39, 0.29) is 5.56 Å². The summed E-state index contributed by atoms with van der Waals surface area (Å²) in [4.78, 5) is 24.2. The van der Waals surface area contributed by atoms with Crippen molar-refractivity contribution in [2.24, 2.45) is 0 Å². The summed E-state index contributed by atoms with van der Waals surface area (Å²) in [5, 5.41) is 12.5. The number of nitrogens with zero attached hydrogens (tertiary/aromatic N) is 4. The molecule has 2 N–H and O–H groups in total. The van der Waals surface area contributed by atoms with Gasteiger partial charge in [-0.25, -0.2) is 19.7 Å². The third-order valence-electron chi connectivity index (χ3n) is 3.47. The van der Waals surface area contributed by atoms with E-state index in [1.165, 1.54) is 0 Å². The highest BCUT2D eigenvalue weighted by Crippen LogP contribution is 2.15. The molecule has 7 nitrogen and oxygen atoms in total. The van der Waals surface area contributed by atoms with Gasteiger partial charge in [-0.2, -0.15) is 0 Å². The summed E-state index contributed by atoms with van der Waals surface area (Å²) >= 11 is 0. The first-order valence-corrected chi connectivity index (χ1v) is 7.44. The molecule has 0 aliphatic rings. The maximum Gasteiger partial charge on any atom is 0.337 e. The van der Waals surface area contributed by atoms with Crippen LogP contribution < -0.4 is 5.32 Å². The van der Waals surface area contributed by atoms with Crippen molar-refractivity contribution >= 4 is 11.8 Å². The molecule has 0 spiro atoms. The molecule has 122 valence electrons. The van der Waals surface area contributed by atoms with Crippen LogP contribution >= 0.6 is 0 Å². The Labute approximate surface area is 139 Å². The molecule has 0 amide bonds. The van der Waals surface area contributed by atoms with Gasteiger partial charge in [0.2, 0.25) is 0 Å². The van der Waals surface area contributed by atoms with Crippen LogP contribution in [0.2, 0.25) is 0 Å². The smallest absolute Gasteiger partial charge is 0.337 e. The number of rotatable bonds is 5. The van der Waals surface area contributed by atoms with E-state index in [2.05, 4.69) is 20.3 Å². The van der Waals surface area contributed by atoms with Gasteiger partial charge in [0.25, 0.3) is 0 Å². The van der Waals surface area contributed by atoms with E-state index in [9.17, 15) is 9.90 Å². The first-order valence-electron chi connectivity index (χ1n) is 7.44. The number of carboxylic acid groups (broad SMARTS) is 1. The fourth-order valence-corrected chi connectivity index (χ4v) is 2.45. The molecule has 0 unspecified atom stereocenters. The second-order valence-corrected chi connectivity index (χ2v) is 5.39. The standard InChI is InChI=1S/C17H17N5O2/c1-11-7-16(21-12(2)20-11)18-8-13-9-22(10-19-13)15-6-4-3-5-14(15)17(23)24/h3-7,9-10H,8H2,1-2H3,(H,23,24)(H,18,20,21). The Bertz CT molecular complexity index is 868. The number of imidazole rings is 1. The summed E-state index contributed by atoms with van der Waals surface area (Å²) in [6, 6.07) is 8.68. The van der Waals surface area contributed by atoms with E-state index in [1.54, 1.807) is 41.4 Å². The molecule has 0 aliphatic carbocycles. The Balaban J connectivity index is 1.78. The molecule has 3 aromatic rings. The minimum absolute atomic E-state index is 0.233. The molecule has 0 saturated heterocycles. The quantitative estimate of drug-likeness (QED) is 0.749. The number of hydrogen-bond acceptors (Lipinski definition) is 5. The largest absolute Gasteiger partial charge is 0.478 e. The lowest BCUT2D eigenvalue weighted by atomic mass is 10.2. The van der Waals surface area contributed by atoms with Crippen LogP contribution in [0.1, 0.15) is 27.6 Å². The Morgan fingerprint density at radius 3 is 2.79 bits per heavy atom. The highest BCUT2D eigenvalue weighted by molar-refractivity contribution is 5.91. The number of hydrogen-bond donors (Lipinski definition) is 2. The van der Waals surface area contributed by atoms with Gasteiger partial charge in [0, 0.05) is 18.0 Å². The van der Waals surface area contributed by atoms with Crippen LogP contribution in [0.3, 0.4) is 0 Å². The Hall–Kier alpha value is -3.22. The highest BCUT2D eigenvalue weighted by Gasteiger charge is 2.11. The summed E-state index contributed by atoms with van der Waals surface area (Å²) in [7, 11) is 0. The minimum Gasteiger partial charge on any atom is -0.478 e. The van der Waals surface area contributed by atoms with Crippen molar-refractivity contribution in [3.8, 4) is 5.69 Å². The van der Waals surface area contributed by atoms with Crippen LogP contribution in [0.5, 0.6) is 0 Å². The van der Waals surface area contributed by atoms with Crippen molar-refractivity contribution in [1.82, 2.24) is 19.5 Å². The molecule has 0 saturated carbocycles. The van der Waals surface area contributed by atoms with Gasteiger partial charge < -0.3 is 15.0 Å². The molecule has 0 radical (unpaired) electrons. The van der Waals surface area contributed by atoms with Gasteiger partial charge >= 0.3 is 5.97 Å². The molecule has 24 heavy (non-hydrogen) atoms. The van der Waals surface area contributed by atoms with E-state index < -0.39 is 5.97 Å². The molecule has 0 atom stereocenters. The van der Waals surface area contributed by atoms with E-state index >= 15 is 0 Å². The zero-order valence-corrected chi connectivity index (χ0v) is 13.4. The molecule has 3 rings (SSSR count). The molecule has 0 aliphatic heterocycles. The van der Waals surface area contributed by atoms with Crippen molar-refractivity contribution < 1.29 is 9.90 Å². The van der Waals surface area contributed by atoms with E-state index in [4.69, 9.17) is 0 Å². The van der Waals surface area contributed by atoms with Gasteiger partial charge in [-0.3, -0.25) is 0 Å². The van der Waals surface area contributed by atoms with Crippen molar-refractivity contribution in [3.05, 3.63) is 65.6 Å². The third kappa shape index (κ3) is 3.40. The van der Waals surface area contributed by atoms with Gasteiger partial charge in [0.05, 0.1) is 29.8 Å². The predicted molar refractivity (Wildman–Crippen MR) is 89.4 cm³/mol. The number of aromatic carboxylic acids is 1. The van der Waals surface area contributed by atoms with Crippen LogP contribution in [0.15, 0.2) is 42.9 Å². The maximum atomic E-state index is 11.3. The summed E-state index contributed by atoms with van der Waals surface area (Å²) in [5.41, 5.74) is 2.49. The monoisotopic (exact) mass is 323 g/mol. The van der Waals surface area contributed by atoms with Gasteiger partial charge in [0.15, 0.2) is 0 Å². The fourth-order valence-electron chi connectivity index (χ4n) is 2.45. The average molecular weight is 323 g/mol. The highest BCUT2D eigenvalue weighted by atomic mass is 16.4. The van der Waals surface area contributed by atoms with E-state index in [1.807, 2.05) is 19.9 Å². The summed E-state index contributed by atoms with van der Waals surface area (Å²) < 4.78 is 1.71. The number of anilines is 1. The maximum absolute atomic E-state index is 11.3. The second-order valence-electron chi connectivity index (χ2n) is 5.39. The van der Waals surface area contributed by atoms with Crippen LogP contribution in [0, 0.1) is 13.8 Å². The lowest BCUT2D eigenvalue weighted by molar-refractivity contribution is 0.0697. The van der Waals surface area contributed by atoms with Crippen molar-refractivity contribution in [3.63, 3.8) is 0 Å². The van der Waals surface area contributed by atoms with E-state index in [0.29, 0.717) is 18.1 Å². The lowest BCUT2D eigenvalue weighted by Crippen LogP contribution is -2.05. The Morgan fingerprint density at radius 2 is 2.04 bits per heavy atom. The lowest BCUT2D eigenvalue weighted by Gasteiger charge is -2.06. The van der Waals surface area contributed by atoms with Gasteiger partial charge in [-0.1, -0.05) is 12.1 Å². The topological polar surface area (TPSA) is 92.9 Å². The Kier molecular flexibility index (Phi) is 4.24. The molecular formula is C17H17N5O2. The summed E-state index contributed by atoms with van der Waals surface area (Å²) in [5.74, 6) is 0.477.